The van der Waals surface area contributed by atoms with Gasteiger partial charge in [0.25, 0.3) is 5.56 Å². The maximum absolute atomic E-state index is 12.3. The molecule has 6 nitrogen and oxygen atoms in total. The Balaban J connectivity index is 2.13. The Morgan fingerprint density at radius 3 is 2.62 bits per heavy atom. The van der Waals surface area contributed by atoms with Crippen LogP contribution in [0.1, 0.15) is 38.3 Å². The fourth-order valence-corrected chi connectivity index (χ4v) is 2.05. The highest BCUT2D eigenvalue weighted by Gasteiger charge is 2.23. The van der Waals surface area contributed by atoms with Gasteiger partial charge in [0.15, 0.2) is 0 Å². The maximum Gasteiger partial charge on any atom is 0.274 e. The molecule has 1 aromatic rings. The zero-order chi connectivity index (χ0) is 15.4. The van der Waals surface area contributed by atoms with Crippen molar-refractivity contribution >= 4 is 17.5 Å². The second-order valence-electron chi connectivity index (χ2n) is 5.42. The third-order valence-electron chi connectivity index (χ3n) is 3.39. The molecule has 1 heterocycles. The van der Waals surface area contributed by atoms with E-state index in [0.717, 1.165) is 19.3 Å². The molecule has 1 aliphatic carbocycles. The molecule has 6 heteroatoms. The van der Waals surface area contributed by atoms with Crippen LogP contribution in [0.25, 0.3) is 0 Å². The summed E-state index contributed by atoms with van der Waals surface area (Å²) in [6, 6.07) is 3.58. The van der Waals surface area contributed by atoms with E-state index >= 15 is 0 Å². The lowest BCUT2D eigenvalue weighted by Crippen LogP contribution is -2.35. The molecule has 0 aliphatic heterocycles. The quantitative estimate of drug-likeness (QED) is 0.825. The predicted molar refractivity (Wildman–Crippen MR) is 80.1 cm³/mol. The molecule has 1 aliphatic rings. The zero-order valence-electron chi connectivity index (χ0n) is 12.4. The first kappa shape index (κ1) is 15.3. The van der Waals surface area contributed by atoms with Crippen molar-refractivity contribution in [3.05, 3.63) is 28.2 Å². The van der Waals surface area contributed by atoms with Crippen LogP contribution in [-0.2, 0) is 16.1 Å². The molecule has 114 valence electrons. The first-order valence-corrected chi connectivity index (χ1v) is 7.31. The summed E-state index contributed by atoms with van der Waals surface area (Å²) < 4.78 is 1.39. The van der Waals surface area contributed by atoms with Gasteiger partial charge >= 0.3 is 0 Å². The predicted octanol–water partition coefficient (Wildman–Crippen LogP) is 1.17. The van der Waals surface area contributed by atoms with Crippen molar-refractivity contribution in [1.82, 2.24) is 9.88 Å². The minimum absolute atomic E-state index is 0.0152. The number of anilines is 1. The molecule has 0 unspecified atom stereocenters. The van der Waals surface area contributed by atoms with E-state index < -0.39 is 0 Å². The summed E-state index contributed by atoms with van der Waals surface area (Å²) in [5.41, 5.74) is 0.572. The van der Waals surface area contributed by atoms with E-state index in [1.165, 1.54) is 4.57 Å². The minimum atomic E-state index is -0.342. The van der Waals surface area contributed by atoms with Gasteiger partial charge in [0.05, 0.1) is 0 Å². The molecule has 0 radical (unpaired) electrons. The van der Waals surface area contributed by atoms with E-state index in [0.29, 0.717) is 12.1 Å². The summed E-state index contributed by atoms with van der Waals surface area (Å²) in [5, 5.41) is 5.45. The molecule has 21 heavy (non-hydrogen) atoms. The summed E-state index contributed by atoms with van der Waals surface area (Å²) >= 11 is 0. The standard InChI is InChI=1S/C15H21N3O3/c1-3-4-13(19)17-12-8-5-10(2)18(15(12)21)9-14(20)16-11-6-7-11/h5,8,11H,3-4,6-7,9H2,1-2H3,(H,16,20)(H,17,19). The van der Waals surface area contributed by atoms with Gasteiger partial charge in [0, 0.05) is 18.2 Å². The van der Waals surface area contributed by atoms with Gasteiger partial charge in [-0.1, -0.05) is 6.92 Å². The molecular weight excluding hydrogens is 270 g/mol. The highest BCUT2D eigenvalue weighted by atomic mass is 16.2. The number of aromatic nitrogens is 1. The average molecular weight is 291 g/mol. The van der Waals surface area contributed by atoms with E-state index in [9.17, 15) is 14.4 Å². The summed E-state index contributed by atoms with van der Waals surface area (Å²) in [6.45, 7) is 3.65. The van der Waals surface area contributed by atoms with Crippen molar-refractivity contribution in [3.8, 4) is 0 Å². The van der Waals surface area contributed by atoms with Gasteiger partial charge in [-0.15, -0.1) is 0 Å². The Morgan fingerprint density at radius 1 is 1.29 bits per heavy atom. The van der Waals surface area contributed by atoms with Crippen LogP contribution in [0.15, 0.2) is 16.9 Å². The summed E-state index contributed by atoms with van der Waals surface area (Å²) in [5.74, 6) is -0.354. The number of nitrogens with zero attached hydrogens (tertiary/aromatic N) is 1. The van der Waals surface area contributed by atoms with Crippen LogP contribution in [0.4, 0.5) is 5.69 Å². The highest BCUT2D eigenvalue weighted by Crippen LogP contribution is 2.18. The molecule has 2 N–H and O–H groups in total. The molecule has 1 saturated carbocycles. The lowest BCUT2D eigenvalue weighted by atomic mass is 10.3. The monoisotopic (exact) mass is 291 g/mol. The largest absolute Gasteiger partial charge is 0.352 e. The Labute approximate surface area is 123 Å². The van der Waals surface area contributed by atoms with Crippen LogP contribution in [-0.4, -0.2) is 22.4 Å². The second-order valence-corrected chi connectivity index (χ2v) is 5.42. The van der Waals surface area contributed by atoms with Crippen molar-refractivity contribution in [2.75, 3.05) is 5.32 Å². The minimum Gasteiger partial charge on any atom is -0.352 e. The maximum atomic E-state index is 12.3. The van der Waals surface area contributed by atoms with Crippen molar-refractivity contribution in [1.29, 1.82) is 0 Å². The summed E-state index contributed by atoms with van der Waals surface area (Å²) in [6.07, 6.45) is 3.10. The number of hydrogen-bond donors (Lipinski definition) is 2. The van der Waals surface area contributed by atoms with Gasteiger partial charge in [0.1, 0.15) is 12.2 Å². The lowest BCUT2D eigenvalue weighted by Gasteiger charge is -2.12. The third-order valence-corrected chi connectivity index (χ3v) is 3.39. The van der Waals surface area contributed by atoms with Crippen molar-refractivity contribution in [2.45, 2.75) is 52.1 Å². The zero-order valence-corrected chi connectivity index (χ0v) is 12.4. The molecule has 0 atom stereocenters. The normalized spacial score (nSPS) is 13.8. The number of nitrogens with one attached hydrogen (secondary N) is 2. The fourth-order valence-electron chi connectivity index (χ4n) is 2.05. The molecule has 2 amide bonds. The van der Waals surface area contributed by atoms with Crippen molar-refractivity contribution < 1.29 is 9.59 Å². The molecule has 2 rings (SSSR count). The topological polar surface area (TPSA) is 80.2 Å². The van der Waals surface area contributed by atoms with Crippen LogP contribution < -0.4 is 16.2 Å². The molecule has 0 saturated heterocycles. The van der Waals surface area contributed by atoms with Gasteiger partial charge in [-0.3, -0.25) is 14.4 Å². The van der Waals surface area contributed by atoms with E-state index in [1.807, 2.05) is 6.92 Å². The first-order chi connectivity index (χ1) is 10.0. The molecule has 0 spiro atoms. The Kier molecular flexibility index (Phi) is 4.77. The smallest absolute Gasteiger partial charge is 0.274 e. The average Bonchev–Trinajstić information content (AvgIpc) is 3.22. The number of carbonyl (C=O) groups is 2. The number of carbonyl (C=O) groups excluding carboxylic acids is 2. The Morgan fingerprint density at radius 2 is 2.00 bits per heavy atom. The first-order valence-electron chi connectivity index (χ1n) is 7.31. The number of hydrogen-bond acceptors (Lipinski definition) is 3. The molecule has 0 aromatic carbocycles. The summed E-state index contributed by atoms with van der Waals surface area (Å²) in [4.78, 5) is 35.8. The molecule has 0 bridgehead atoms. The van der Waals surface area contributed by atoms with E-state index in [2.05, 4.69) is 10.6 Å². The molecule has 1 fully saturated rings. The molecule has 1 aromatic heterocycles. The van der Waals surface area contributed by atoms with E-state index in [-0.39, 0.29) is 35.6 Å². The van der Waals surface area contributed by atoms with Gasteiger partial charge in [-0.25, -0.2) is 0 Å². The third kappa shape index (κ3) is 4.18. The van der Waals surface area contributed by atoms with Gasteiger partial charge in [-0.2, -0.15) is 0 Å². The fraction of sp³-hybridized carbons (Fsp3) is 0.533. The van der Waals surface area contributed by atoms with Crippen molar-refractivity contribution in [3.63, 3.8) is 0 Å². The number of aryl methyl sites for hydroxylation is 1. The number of rotatable bonds is 6. The Hall–Kier alpha value is -2.11. The summed E-state index contributed by atoms with van der Waals surface area (Å²) in [7, 11) is 0. The number of pyridine rings is 1. The van der Waals surface area contributed by atoms with E-state index in [1.54, 1.807) is 19.1 Å². The van der Waals surface area contributed by atoms with Crippen LogP contribution in [0.5, 0.6) is 0 Å². The van der Waals surface area contributed by atoms with Gasteiger partial charge < -0.3 is 15.2 Å². The Bertz CT molecular complexity index is 603. The molecular formula is C15H21N3O3. The van der Waals surface area contributed by atoms with Gasteiger partial charge in [0.2, 0.25) is 11.8 Å². The van der Waals surface area contributed by atoms with Crippen LogP contribution in [0, 0.1) is 6.92 Å². The number of amides is 2. The van der Waals surface area contributed by atoms with Crippen molar-refractivity contribution in [2.24, 2.45) is 0 Å². The SMILES string of the molecule is CCCC(=O)Nc1ccc(C)n(CC(=O)NC2CC2)c1=O. The second kappa shape index (κ2) is 6.56. The van der Waals surface area contributed by atoms with E-state index in [4.69, 9.17) is 0 Å². The lowest BCUT2D eigenvalue weighted by molar-refractivity contribution is -0.121. The highest BCUT2D eigenvalue weighted by molar-refractivity contribution is 5.90. The van der Waals surface area contributed by atoms with Crippen LogP contribution in [0.2, 0.25) is 0 Å². The van der Waals surface area contributed by atoms with Gasteiger partial charge in [-0.05, 0) is 38.3 Å². The van der Waals surface area contributed by atoms with Crippen LogP contribution >= 0.6 is 0 Å². The van der Waals surface area contributed by atoms with Crippen LogP contribution in [0.3, 0.4) is 0 Å².